The van der Waals surface area contributed by atoms with Gasteiger partial charge in [0, 0.05) is 20.3 Å². The predicted molar refractivity (Wildman–Crippen MR) is 78.1 cm³/mol. The smallest absolute Gasteiger partial charge is 0.0700 e. The molecule has 3 nitrogen and oxygen atoms in total. The molecular weight excluding hydrogens is 226 g/mol. The van der Waals surface area contributed by atoms with Crippen molar-refractivity contribution < 1.29 is 9.47 Å². The lowest BCUT2D eigenvalue weighted by Crippen LogP contribution is -2.35. The van der Waals surface area contributed by atoms with Crippen LogP contribution in [0.1, 0.15) is 52.9 Å². The Morgan fingerprint density at radius 2 is 1.78 bits per heavy atom. The Kier molecular flexibility index (Phi) is 11.9. The Balaban J connectivity index is 4.07. The maximum Gasteiger partial charge on any atom is 0.0700 e. The summed E-state index contributed by atoms with van der Waals surface area (Å²) in [5, 5.41) is 3.52. The van der Waals surface area contributed by atoms with Crippen LogP contribution < -0.4 is 5.32 Å². The van der Waals surface area contributed by atoms with Crippen molar-refractivity contribution in [3.8, 4) is 0 Å². The second-order valence-corrected chi connectivity index (χ2v) is 5.09. The molecule has 0 saturated carbocycles. The predicted octanol–water partition coefficient (Wildman–Crippen LogP) is 3.24. The molecule has 18 heavy (non-hydrogen) atoms. The molecular formula is C15H33NO2. The molecule has 110 valence electrons. The van der Waals surface area contributed by atoms with Gasteiger partial charge in [-0.25, -0.2) is 0 Å². The van der Waals surface area contributed by atoms with Gasteiger partial charge in [-0.2, -0.15) is 0 Å². The number of unbranched alkanes of at least 4 members (excludes halogenated alkanes) is 1. The zero-order chi connectivity index (χ0) is 13.7. The molecule has 0 aromatic heterocycles. The molecule has 0 saturated heterocycles. The van der Waals surface area contributed by atoms with Gasteiger partial charge in [0.05, 0.1) is 13.2 Å². The lowest BCUT2D eigenvalue weighted by molar-refractivity contribution is 0.0472. The highest BCUT2D eigenvalue weighted by atomic mass is 16.5. The molecule has 1 atom stereocenters. The van der Waals surface area contributed by atoms with Gasteiger partial charge in [-0.3, -0.25) is 0 Å². The highest BCUT2D eigenvalue weighted by molar-refractivity contribution is 4.80. The Hall–Kier alpha value is -0.120. The van der Waals surface area contributed by atoms with Gasteiger partial charge >= 0.3 is 0 Å². The van der Waals surface area contributed by atoms with E-state index in [-0.39, 0.29) is 0 Å². The van der Waals surface area contributed by atoms with Gasteiger partial charge < -0.3 is 14.8 Å². The summed E-state index contributed by atoms with van der Waals surface area (Å²) in [5.74, 6) is 0. The van der Waals surface area contributed by atoms with Crippen LogP contribution in [-0.2, 0) is 9.47 Å². The van der Waals surface area contributed by atoms with Crippen molar-refractivity contribution in [1.82, 2.24) is 5.32 Å². The van der Waals surface area contributed by atoms with Gasteiger partial charge in [0.15, 0.2) is 0 Å². The van der Waals surface area contributed by atoms with Crippen molar-refractivity contribution in [2.45, 2.75) is 52.9 Å². The average molecular weight is 259 g/mol. The second kappa shape index (κ2) is 11.9. The van der Waals surface area contributed by atoms with E-state index in [9.17, 15) is 0 Å². The molecule has 0 fully saturated rings. The average Bonchev–Trinajstić information content (AvgIpc) is 2.41. The molecule has 1 unspecified atom stereocenters. The molecule has 0 spiro atoms. The summed E-state index contributed by atoms with van der Waals surface area (Å²) in [6.45, 7) is 11.2. The van der Waals surface area contributed by atoms with E-state index in [1.54, 1.807) is 7.11 Å². The van der Waals surface area contributed by atoms with Crippen molar-refractivity contribution in [2.75, 3.05) is 40.0 Å². The van der Waals surface area contributed by atoms with E-state index in [1.165, 1.54) is 25.7 Å². The highest BCUT2D eigenvalue weighted by Gasteiger charge is 2.26. The highest BCUT2D eigenvalue weighted by Crippen LogP contribution is 2.32. The van der Waals surface area contributed by atoms with E-state index in [2.05, 4.69) is 26.1 Å². The van der Waals surface area contributed by atoms with Crippen LogP contribution in [0.4, 0.5) is 0 Å². The number of rotatable bonds is 13. The minimum Gasteiger partial charge on any atom is -0.382 e. The number of methoxy groups -OCH3 is 1. The number of hydrogen-bond acceptors (Lipinski definition) is 3. The van der Waals surface area contributed by atoms with Gasteiger partial charge in [-0.05, 0) is 31.2 Å². The molecule has 0 amide bonds. The Labute approximate surface area is 114 Å². The van der Waals surface area contributed by atoms with E-state index in [1.807, 2.05) is 0 Å². The molecule has 0 aromatic carbocycles. The molecule has 0 rings (SSSR count). The lowest BCUT2D eigenvalue weighted by atomic mass is 9.77. The SMILES string of the molecule is CCCCC(CC)(CCOCCOC)CNCC. The lowest BCUT2D eigenvalue weighted by Gasteiger charge is -2.33. The number of ether oxygens (including phenoxy) is 2. The molecule has 3 heteroatoms. The van der Waals surface area contributed by atoms with Crippen molar-refractivity contribution in [2.24, 2.45) is 5.41 Å². The van der Waals surface area contributed by atoms with Crippen molar-refractivity contribution in [1.29, 1.82) is 0 Å². The summed E-state index contributed by atoms with van der Waals surface area (Å²) in [6, 6.07) is 0. The fourth-order valence-electron chi connectivity index (χ4n) is 2.26. The molecule has 0 bridgehead atoms. The number of nitrogens with one attached hydrogen (secondary N) is 1. The largest absolute Gasteiger partial charge is 0.382 e. The standard InChI is InChI=1S/C15H33NO2/c1-5-8-9-15(6-2,14-16-7-3)10-11-18-13-12-17-4/h16H,5-14H2,1-4H3. The molecule has 0 aromatic rings. The van der Waals surface area contributed by atoms with Crippen LogP contribution in [0, 0.1) is 5.41 Å². The number of hydrogen-bond donors (Lipinski definition) is 1. The third kappa shape index (κ3) is 8.06. The van der Waals surface area contributed by atoms with Crippen molar-refractivity contribution >= 4 is 0 Å². The molecule has 0 heterocycles. The summed E-state index contributed by atoms with van der Waals surface area (Å²) in [7, 11) is 1.71. The summed E-state index contributed by atoms with van der Waals surface area (Å²) in [5.41, 5.74) is 0.416. The minimum absolute atomic E-state index is 0.416. The van der Waals surface area contributed by atoms with E-state index in [0.29, 0.717) is 18.6 Å². The summed E-state index contributed by atoms with van der Waals surface area (Å²) >= 11 is 0. The Bertz CT molecular complexity index is 166. The van der Waals surface area contributed by atoms with Crippen LogP contribution in [0.2, 0.25) is 0 Å². The van der Waals surface area contributed by atoms with Crippen LogP contribution in [0.5, 0.6) is 0 Å². The Morgan fingerprint density at radius 3 is 2.33 bits per heavy atom. The van der Waals surface area contributed by atoms with Crippen LogP contribution in [0.15, 0.2) is 0 Å². The quantitative estimate of drug-likeness (QED) is 0.515. The van der Waals surface area contributed by atoms with Crippen LogP contribution in [-0.4, -0.2) is 40.0 Å². The first kappa shape index (κ1) is 17.9. The second-order valence-electron chi connectivity index (χ2n) is 5.09. The zero-order valence-corrected chi connectivity index (χ0v) is 12.9. The summed E-state index contributed by atoms with van der Waals surface area (Å²) in [6.07, 6.45) is 6.28. The first-order valence-electron chi connectivity index (χ1n) is 7.52. The molecule has 0 radical (unpaired) electrons. The normalized spacial score (nSPS) is 14.7. The van der Waals surface area contributed by atoms with Crippen LogP contribution in [0.25, 0.3) is 0 Å². The van der Waals surface area contributed by atoms with Gasteiger partial charge in [0.25, 0.3) is 0 Å². The summed E-state index contributed by atoms with van der Waals surface area (Å²) < 4.78 is 10.6. The molecule has 0 aliphatic carbocycles. The first-order valence-corrected chi connectivity index (χ1v) is 7.52. The van der Waals surface area contributed by atoms with E-state index >= 15 is 0 Å². The topological polar surface area (TPSA) is 30.5 Å². The van der Waals surface area contributed by atoms with Gasteiger partial charge in [0.2, 0.25) is 0 Å². The van der Waals surface area contributed by atoms with Gasteiger partial charge in [0.1, 0.15) is 0 Å². The first-order chi connectivity index (χ1) is 8.74. The molecule has 1 N–H and O–H groups in total. The van der Waals surface area contributed by atoms with Crippen molar-refractivity contribution in [3.63, 3.8) is 0 Å². The van der Waals surface area contributed by atoms with Gasteiger partial charge in [-0.15, -0.1) is 0 Å². The molecule has 0 aliphatic rings. The fraction of sp³-hybridized carbons (Fsp3) is 1.00. The van der Waals surface area contributed by atoms with Crippen LogP contribution in [0.3, 0.4) is 0 Å². The summed E-state index contributed by atoms with van der Waals surface area (Å²) in [4.78, 5) is 0. The fourth-order valence-corrected chi connectivity index (χ4v) is 2.26. The van der Waals surface area contributed by atoms with E-state index < -0.39 is 0 Å². The maximum absolute atomic E-state index is 5.64. The van der Waals surface area contributed by atoms with Gasteiger partial charge in [-0.1, -0.05) is 33.6 Å². The van der Waals surface area contributed by atoms with E-state index in [4.69, 9.17) is 9.47 Å². The van der Waals surface area contributed by atoms with E-state index in [0.717, 1.165) is 26.1 Å². The molecule has 0 aliphatic heterocycles. The third-order valence-electron chi connectivity index (χ3n) is 3.77. The minimum atomic E-state index is 0.416. The monoisotopic (exact) mass is 259 g/mol. The zero-order valence-electron chi connectivity index (χ0n) is 12.9. The van der Waals surface area contributed by atoms with Crippen LogP contribution >= 0.6 is 0 Å². The Morgan fingerprint density at radius 1 is 1.00 bits per heavy atom. The maximum atomic E-state index is 5.64. The van der Waals surface area contributed by atoms with Crippen molar-refractivity contribution in [3.05, 3.63) is 0 Å². The third-order valence-corrected chi connectivity index (χ3v) is 3.77.